The average molecular weight is 242 g/mol. The van der Waals surface area contributed by atoms with Crippen LogP contribution in [0.25, 0.3) is 10.1 Å². The summed E-state index contributed by atoms with van der Waals surface area (Å²) in [7, 11) is 0. The molecule has 12 heavy (non-hydrogen) atoms. The standard InChI is InChI=1S/C9H8BrNS/c10-6-5-8-7-3-1-2-4-9(7)12-11-8/h1-4H,5-6H2. The van der Waals surface area contributed by atoms with E-state index < -0.39 is 0 Å². The minimum atomic E-state index is 0.987. The van der Waals surface area contributed by atoms with E-state index in [2.05, 4.69) is 44.6 Å². The summed E-state index contributed by atoms with van der Waals surface area (Å²) in [5, 5.41) is 2.29. The Morgan fingerprint density at radius 1 is 1.33 bits per heavy atom. The van der Waals surface area contributed by atoms with Gasteiger partial charge in [-0.15, -0.1) is 0 Å². The van der Waals surface area contributed by atoms with Gasteiger partial charge in [-0.3, -0.25) is 0 Å². The zero-order valence-corrected chi connectivity index (χ0v) is 8.86. The molecule has 0 saturated carbocycles. The maximum absolute atomic E-state index is 4.40. The third-order valence-corrected chi connectivity index (χ3v) is 3.04. The monoisotopic (exact) mass is 241 g/mol. The molecule has 0 aliphatic rings. The van der Waals surface area contributed by atoms with Crippen LogP contribution in [0, 0.1) is 0 Å². The van der Waals surface area contributed by atoms with Crippen molar-refractivity contribution >= 4 is 37.5 Å². The first-order valence-corrected chi connectivity index (χ1v) is 5.70. The maximum atomic E-state index is 4.40. The lowest BCUT2D eigenvalue weighted by atomic mass is 10.2. The van der Waals surface area contributed by atoms with Crippen LogP contribution in [-0.2, 0) is 6.42 Å². The largest absolute Gasteiger partial charge is 0.196 e. The molecular weight excluding hydrogens is 234 g/mol. The Labute approximate surface area is 83.7 Å². The molecule has 0 bridgehead atoms. The molecule has 0 aliphatic carbocycles. The summed E-state index contributed by atoms with van der Waals surface area (Å²) in [4.78, 5) is 0. The summed E-state index contributed by atoms with van der Waals surface area (Å²) in [5.41, 5.74) is 1.22. The van der Waals surface area contributed by atoms with Crippen molar-refractivity contribution in [3.05, 3.63) is 30.0 Å². The lowest BCUT2D eigenvalue weighted by Crippen LogP contribution is -1.84. The molecule has 0 N–H and O–H groups in total. The molecule has 0 unspecified atom stereocenters. The van der Waals surface area contributed by atoms with E-state index in [4.69, 9.17) is 0 Å². The molecule has 0 aliphatic heterocycles. The topological polar surface area (TPSA) is 12.9 Å². The van der Waals surface area contributed by atoms with Crippen LogP contribution in [0.1, 0.15) is 5.69 Å². The van der Waals surface area contributed by atoms with Gasteiger partial charge in [-0.2, -0.15) is 4.37 Å². The maximum Gasteiger partial charge on any atom is 0.0629 e. The van der Waals surface area contributed by atoms with E-state index in [1.165, 1.54) is 15.8 Å². The fraction of sp³-hybridized carbons (Fsp3) is 0.222. The first-order valence-electron chi connectivity index (χ1n) is 3.81. The second-order valence-corrected chi connectivity index (χ2v) is 4.16. The summed E-state index contributed by atoms with van der Waals surface area (Å²) in [5.74, 6) is 0. The van der Waals surface area contributed by atoms with Gasteiger partial charge in [0.25, 0.3) is 0 Å². The third kappa shape index (κ3) is 1.39. The number of benzene rings is 1. The van der Waals surface area contributed by atoms with E-state index in [0.29, 0.717) is 0 Å². The molecule has 0 spiro atoms. The van der Waals surface area contributed by atoms with Crippen LogP contribution in [0.5, 0.6) is 0 Å². The minimum absolute atomic E-state index is 0.987. The van der Waals surface area contributed by atoms with Gasteiger partial charge in [-0.25, -0.2) is 0 Å². The molecule has 1 heterocycles. The van der Waals surface area contributed by atoms with Crippen LogP contribution in [-0.4, -0.2) is 9.70 Å². The van der Waals surface area contributed by atoms with E-state index in [1.807, 2.05) is 0 Å². The summed E-state index contributed by atoms with van der Waals surface area (Å²) in [6.45, 7) is 0. The highest BCUT2D eigenvalue weighted by Gasteiger charge is 2.02. The van der Waals surface area contributed by atoms with Crippen LogP contribution < -0.4 is 0 Å². The highest BCUT2D eigenvalue weighted by atomic mass is 79.9. The van der Waals surface area contributed by atoms with Gasteiger partial charge in [0.05, 0.1) is 10.4 Å². The van der Waals surface area contributed by atoms with Crippen molar-refractivity contribution in [1.29, 1.82) is 0 Å². The predicted molar refractivity (Wildman–Crippen MR) is 57.1 cm³/mol. The van der Waals surface area contributed by atoms with Gasteiger partial charge in [0.1, 0.15) is 0 Å². The smallest absolute Gasteiger partial charge is 0.0629 e. The molecule has 2 rings (SSSR count). The second-order valence-electron chi connectivity index (χ2n) is 2.56. The molecular formula is C9H8BrNS. The lowest BCUT2D eigenvalue weighted by molar-refractivity contribution is 1.13. The van der Waals surface area contributed by atoms with Gasteiger partial charge in [0, 0.05) is 17.1 Å². The van der Waals surface area contributed by atoms with E-state index in [-0.39, 0.29) is 0 Å². The van der Waals surface area contributed by atoms with Crippen LogP contribution >= 0.6 is 27.5 Å². The number of rotatable bonds is 2. The average Bonchev–Trinajstić information content (AvgIpc) is 2.50. The Bertz CT molecular complexity index is 383. The van der Waals surface area contributed by atoms with Gasteiger partial charge in [-0.05, 0) is 17.6 Å². The van der Waals surface area contributed by atoms with Gasteiger partial charge < -0.3 is 0 Å². The molecule has 0 saturated heterocycles. The van der Waals surface area contributed by atoms with Gasteiger partial charge in [0.2, 0.25) is 0 Å². The van der Waals surface area contributed by atoms with Crippen molar-refractivity contribution in [2.24, 2.45) is 0 Å². The number of aryl methyl sites for hydroxylation is 1. The Balaban J connectivity index is 2.55. The van der Waals surface area contributed by atoms with Crippen molar-refractivity contribution < 1.29 is 0 Å². The van der Waals surface area contributed by atoms with Gasteiger partial charge in [0.15, 0.2) is 0 Å². The van der Waals surface area contributed by atoms with E-state index in [9.17, 15) is 0 Å². The van der Waals surface area contributed by atoms with Crippen molar-refractivity contribution in [2.45, 2.75) is 6.42 Å². The normalized spacial score (nSPS) is 10.8. The zero-order chi connectivity index (χ0) is 8.39. The van der Waals surface area contributed by atoms with Crippen molar-refractivity contribution in [3.8, 4) is 0 Å². The van der Waals surface area contributed by atoms with Gasteiger partial charge in [-0.1, -0.05) is 34.1 Å². The van der Waals surface area contributed by atoms with E-state index >= 15 is 0 Å². The number of hydrogen-bond acceptors (Lipinski definition) is 2. The summed E-state index contributed by atoms with van der Waals surface area (Å²) >= 11 is 5.00. The number of hydrogen-bond donors (Lipinski definition) is 0. The molecule has 62 valence electrons. The SMILES string of the molecule is BrCCc1nsc2ccccc12. The Morgan fingerprint density at radius 2 is 2.17 bits per heavy atom. The van der Waals surface area contributed by atoms with Crippen LogP contribution in [0.15, 0.2) is 24.3 Å². The van der Waals surface area contributed by atoms with E-state index in [0.717, 1.165) is 11.8 Å². The number of nitrogens with zero attached hydrogens (tertiary/aromatic N) is 1. The molecule has 1 aromatic heterocycles. The van der Waals surface area contributed by atoms with Crippen molar-refractivity contribution in [1.82, 2.24) is 4.37 Å². The summed E-state index contributed by atoms with van der Waals surface area (Å²) in [6, 6.07) is 8.37. The van der Waals surface area contributed by atoms with Crippen LogP contribution in [0.4, 0.5) is 0 Å². The van der Waals surface area contributed by atoms with Crippen LogP contribution in [0.3, 0.4) is 0 Å². The highest BCUT2D eigenvalue weighted by Crippen LogP contribution is 2.22. The fourth-order valence-corrected chi connectivity index (χ4v) is 2.41. The lowest BCUT2D eigenvalue weighted by Gasteiger charge is -1.91. The molecule has 0 amide bonds. The molecule has 0 atom stereocenters. The predicted octanol–water partition coefficient (Wildman–Crippen LogP) is 3.23. The number of fused-ring (bicyclic) bond motifs is 1. The molecule has 1 nitrogen and oxygen atoms in total. The van der Waals surface area contributed by atoms with Crippen LogP contribution in [0.2, 0.25) is 0 Å². The first-order chi connectivity index (χ1) is 5.92. The zero-order valence-electron chi connectivity index (χ0n) is 6.46. The molecule has 0 radical (unpaired) electrons. The quantitative estimate of drug-likeness (QED) is 0.737. The molecule has 1 aromatic carbocycles. The highest BCUT2D eigenvalue weighted by molar-refractivity contribution is 9.09. The number of halogens is 1. The van der Waals surface area contributed by atoms with Gasteiger partial charge >= 0.3 is 0 Å². The molecule has 3 heteroatoms. The Morgan fingerprint density at radius 3 is 3.00 bits per heavy atom. The Kier molecular flexibility index (Phi) is 2.42. The fourth-order valence-electron chi connectivity index (χ4n) is 1.21. The molecule has 0 fully saturated rings. The summed E-state index contributed by atoms with van der Waals surface area (Å²) < 4.78 is 5.68. The molecule has 2 aromatic rings. The third-order valence-electron chi connectivity index (χ3n) is 1.78. The second kappa shape index (κ2) is 3.54. The van der Waals surface area contributed by atoms with Crippen molar-refractivity contribution in [3.63, 3.8) is 0 Å². The first kappa shape index (κ1) is 8.20. The Hall–Kier alpha value is -0.410. The summed E-state index contributed by atoms with van der Waals surface area (Å²) in [6.07, 6.45) is 1.02. The number of aromatic nitrogens is 1. The van der Waals surface area contributed by atoms with Crippen molar-refractivity contribution in [2.75, 3.05) is 5.33 Å². The van der Waals surface area contributed by atoms with E-state index in [1.54, 1.807) is 11.5 Å². The minimum Gasteiger partial charge on any atom is -0.196 e. The number of alkyl halides is 1.